The molecule has 0 saturated heterocycles. The Balaban J connectivity index is 0.00000240. The molecule has 0 bridgehead atoms. The molecule has 4 aromatic rings. The van der Waals surface area contributed by atoms with Crippen LogP contribution in [0.3, 0.4) is 0 Å². The molecule has 0 aliphatic rings. The third kappa shape index (κ3) is 5.02. The molecular weight excluding hydrogens is 404 g/mol. The number of benzene rings is 2. The van der Waals surface area contributed by atoms with Gasteiger partial charge in [-0.3, -0.25) is 0 Å². The van der Waals surface area contributed by atoms with Crippen molar-refractivity contribution >= 4 is 23.9 Å². The van der Waals surface area contributed by atoms with Crippen LogP contribution in [0.15, 0.2) is 55.1 Å². The second-order valence-corrected chi connectivity index (χ2v) is 7.66. The monoisotopic (exact) mass is 426 g/mol. The van der Waals surface area contributed by atoms with Crippen molar-refractivity contribution in [3.8, 4) is 22.3 Å². The quantitative estimate of drug-likeness (QED) is 0.392. The highest BCUT2D eigenvalue weighted by atomic mass is 35.5. The van der Waals surface area contributed by atoms with Gasteiger partial charge in [-0.1, -0.05) is 35.9 Å². The number of aryl methyl sites for hydroxylation is 5. The maximum Gasteiger partial charge on any atom is 0.299 e. The molecule has 5 nitrogen and oxygen atoms in total. The molecule has 0 amide bonds. The first-order valence-corrected chi connectivity index (χ1v) is 10.0. The lowest BCUT2D eigenvalue weighted by molar-refractivity contribution is 0.475. The Morgan fingerprint density at radius 1 is 1.03 bits per heavy atom. The molecule has 0 aliphatic carbocycles. The number of hydrogen-bond donors (Lipinski definition) is 0. The van der Waals surface area contributed by atoms with Gasteiger partial charge in [-0.15, -0.1) is 12.4 Å². The van der Waals surface area contributed by atoms with E-state index < -0.39 is 0 Å². The number of rotatable bonds is 6. The van der Waals surface area contributed by atoms with E-state index in [0.717, 1.165) is 29.8 Å². The molecule has 2 aromatic heterocycles. The molecule has 0 fully saturated rings. The molecule has 0 saturated carbocycles. The summed E-state index contributed by atoms with van der Waals surface area (Å²) in [5.74, 6) is 1.53. The number of hydrogen-bond acceptors (Lipinski definition) is 5. The van der Waals surface area contributed by atoms with Gasteiger partial charge in [0.2, 0.25) is 0 Å². The van der Waals surface area contributed by atoms with Gasteiger partial charge in [0.1, 0.15) is 5.75 Å². The van der Waals surface area contributed by atoms with Gasteiger partial charge in [0.25, 0.3) is 5.19 Å². The largest absolute Gasteiger partial charge is 0.430 e. The highest BCUT2D eigenvalue weighted by Gasteiger charge is 2.12. The molecule has 0 spiro atoms. The number of ether oxygens (including phenoxy) is 1. The SMILES string of the molecule is Cc1ccc(-c2nsc(Oc3cc(C)c(CCn4ccnc4)cc3C)n2)cc1.Cl. The van der Waals surface area contributed by atoms with Crippen LogP contribution in [0.2, 0.25) is 0 Å². The van der Waals surface area contributed by atoms with Gasteiger partial charge in [0.05, 0.1) is 6.33 Å². The van der Waals surface area contributed by atoms with Crippen LogP contribution < -0.4 is 4.74 Å². The first-order chi connectivity index (χ1) is 13.6. The number of imidazole rings is 1. The van der Waals surface area contributed by atoms with E-state index in [2.05, 4.69) is 63.9 Å². The minimum Gasteiger partial charge on any atom is -0.430 e. The average molecular weight is 427 g/mol. The summed E-state index contributed by atoms with van der Waals surface area (Å²) in [4.78, 5) is 8.64. The summed E-state index contributed by atoms with van der Waals surface area (Å²) >= 11 is 1.28. The molecule has 0 atom stereocenters. The van der Waals surface area contributed by atoms with Gasteiger partial charge in [-0.2, -0.15) is 9.36 Å². The number of halogens is 1. The van der Waals surface area contributed by atoms with Crippen LogP contribution in [0, 0.1) is 20.8 Å². The summed E-state index contributed by atoms with van der Waals surface area (Å²) in [6, 6.07) is 12.5. The Morgan fingerprint density at radius 3 is 2.55 bits per heavy atom. The molecular formula is C22H23ClN4OS. The van der Waals surface area contributed by atoms with Crippen molar-refractivity contribution in [3.63, 3.8) is 0 Å². The maximum atomic E-state index is 6.05. The van der Waals surface area contributed by atoms with E-state index >= 15 is 0 Å². The van der Waals surface area contributed by atoms with Crippen molar-refractivity contribution in [3.05, 3.63) is 77.4 Å². The molecule has 150 valence electrons. The van der Waals surface area contributed by atoms with Crippen molar-refractivity contribution in [2.24, 2.45) is 0 Å². The summed E-state index contributed by atoms with van der Waals surface area (Å²) in [5.41, 5.74) is 5.84. The van der Waals surface area contributed by atoms with E-state index in [1.54, 1.807) is 0 Å². The summed E-state index contributed by atoms with van der Waals surface area (Å²) in [7, 11) is 0. The first kappa shape index (κ1) is 21.0. The van der Waals surface area contributed by atoms with Crippen molar-refractivity contribution in [1.82, 2.24) is 18.9 Å². The van der Waals surface area contributed by atoms with Gasteiger partial charge in [-0.25, -0.2) is 4.98 Å². The number of nitrogens with zero attached hydrogens (tertiary/aromatic N) is 4. The van der Waals surface area contributed by atoms with Gasteiger partial charge >= 0.3 is 0 Å². The highest BCUT2D eigenvalue weighted by molar-refractivity contribution is 7.07. The fraction of sp³-hybridized carbons (Fsp3) is 0.227. The minimum atomic E-state index is 0. The van der Waals surface area contributed by atoms with Crippen LogP contribution in [0.4, 0.5) is 0 Å². The van der Waals surface area contributed by atoms with Crippen LogP contribution in [0.5, 0.6) is 10.9 Å². The Hall–Kier alpha value is -2.70. The van der Waals surface area contributed by atoms with E-state index in [9.17, 15) is 0 Å². The van der Waals surface area contributed by atoms with Crippen LogP contribution in [0.25, 0.3) is 11.4 Å². The Bertz CT molecular complexity index is 1070. The van der Waals surface area contributed by atoms with Gasteiger partial charge in [-0.05, 0) is 49.9 Å². The summed E-state index contributed by atoms with van der Waals surface area (Å²) in [6.07, 6.45) is 6.60. The van der Waals surface area contributed by atoms with Gasteiger partial charge in [0.15, 0.2) is 5.82 Å². The normalized spacial score (nSPS) is 10.6. The molecule has 0 aliphatic heterocycles. The second kappa shape index (κ2) is 9.20. The van der Waals surface area contributed by atoms with Crippen molar-refractivity contribution < 1.29 is 4.74 Å². The predicted molar refractivity (Wildman–Crippen MR) is 119 cm³/mol. The standard InChI is InChI=1S/C22H22N4OS.ClH/c1-15-4-6-18(7-5-15)21-24-22(28-25-21)27-20-13-16(2)19(12-17(20)3)8-10-26-11-9-23-14-26;/h4-7,9,11-14H,8,10H2,1-3H3;1H. The van der Waals surface area contributed by atoms with E-state index in [4.69, 9.17) is 4.74 Å². The predicted octanol–water partition coefficient (Wildman–Crippen LogP) is 5.78. The summed E-state index contributed by atoms with van der Waals surface area (Å²) in [6.45, 7) is 7.17. The van der Waals surface area contributed by atoms with E-state index in [-0.39, 0.29) is 12.4 Å². The molecule has 0 radical (unpaired) electrons. The third-order valence-electron chi connectivity index (χ3n) is 4.75. The number of aromatic nitrogens is 4. The Morgan fingerprint density at radius 2 is 1.83 bits per heavy atom. The van der Waals surface area contributed by atoms with Crippen LogP contribution >= 0.6 is 23.9 Å². The second-order valence-electron chi connectivity index (χ2n) is 6.95. The minimum absolute atomic E-state index is 0. The lowest BCUT2D eigenvalue weighted by atomic mass is 10.0. The van der Waals surface area contributed by atoms with E-state index in [0.29, 0.717) is 11.0 Å². The zero-order chi connectivity index (χ0) is 19.5. The summed E-state index contributed by atoms with van der Waals surface area (Å²) in [5, 5.41) is 0.559. The van der Waals surface area contributed by atoms with Crippen LogP contribution in [0.1, 0.15) is 22.3 Å². The lowest BCUT2D eigenvalue weighted by Crippen LogP contribution is -2.01. The highest BCUT2D eigenvalue weighted by Crippen LogP contribution is 2.31. The molecule has 0 N–H and O–H groups in total. The Kier molecular flexibility index (Phi) is 6.67. The smallest absolute Gasteiger partial charge is 0.299 e. The Labute approximate surface area is 181 Å². The molecule has 7 heteroatoms. The molecule has 0 unspecified atom stereocenters. The zero-order valence-corrected chi connectivity index (χ0v) is 18.3. The lowest BCUT2D eigenvalue weighted by Gasteiger charge is -2.12. The first-order valence-electron chi connectivity index (χ1n) is 9.23. The average Bonchev–Trinajstić information content (AvgIpc) is 3.36. The summed E-state index contributed by atoms with van der Waals surface area (Å²) < 4.78 is 12.6. The van der Waals surface area contributed by atoms with Crippen molar-refractivity contribution in [2.75, 3.05) is 0 Å². The molecule has 2 heterocycles. The molecule has 29 heavy (non-hydrogen) atoms. The maximum absolute atomic E-state index is 6.05. The van der Waals surface area contributed by atoms with Crippen LogP contribution in [-0.2, 0) is 13.0 Å². The van der Waals surface area contributed by atoms with E-state index in [1.165, 1.54) is 28.2 Å². The van der Waals surface area contributed by atoms with Gasteiger partial charge in [0, 0.05) is 36.0 Å². The van der Waals surface area contributed by atoms with Gasteiger partial charge < -0.3 is 9.30 Å². The third-order valence-corrected chi connectivity index (χ3v) is 5.34. The molecule has 4 rings (SSSR count). The molecule has 2 aromatic carbocycles. The topological polar surface area (TPSA) is 52.8 Å². The van der Waals surface area contributed by atoms with Crippen molar-refractivity contribution in [1.29, 1.82) is 0 Å². The van der Waals surface area contributed by atoms with E-state index in [1.807, 2.05) is 30.9 Å². The fourth-order valence-electron chi connectivity index (χ4n) is 3.06. The zero-order valence-electron chi connectivity index (χ0n) is 16.6. The van der Waals surface area contributed by atoms with Crippen LogP contribution in [-0.4, -0.2) is 18.9 Å². The van der Waals surface area contributed by atoms with Crippen molar-refractivity contribution in [2.45, 2.75) is 33.7 Å². The fourth-order valence-corrected chi connectivity index (χ4v) is 3.63.